The van der Waals surface area contributed by atoms with E-state index in [0.717, 1.165) is 41.4 Å². The second kappa shape index (κ2) is 6.62. The van der Waals surface area contributed by atoms with E-state index in [1.54, 1.807) is 0 Å². The van der Waals surface area contributed by atoms with Gasteiger partial charge in [-0.3, -0.25) is 0 Å². The molecule has 22 heavy (non-hydrogen) atoms. The van der Waals surface area contributed by atoms with E-state index >= 15 is 0 Å². The third-order valence-electron chi connectivity index (χ3n) is 3.36. The van der Waals surface area contributed by atoms with E-state index < -0.39 is 0 Å². The summed E-state index contributed by atoms with van der Waals surface area (Å²) in [7, 11) is 0. The van der Waals surface area contributed by atoms with E-state index in [4.69, 9.17) is 15.2 Å². The molecule has 0 aliphatic carbocycles. The van der Waals surface area contributed by atoms with Crippen LogP contribution in [0.25, 0.3) is 11.3 Å². The highest BCUT2D eigenvalue weighted by Crippen LogP contribution is 2.34. The van der Waals surface area contributed by atoms with Gasteiger partial charge < -0.3 is 20.5 Å². The lowest BCUT2D eigenvalue weighted by molar-refractivity contribution is 0.171. The van der Waals surface area contributed by atoms with Gasteiger partial charge >= 0.3 is 0 Å². The highest BCUT2D eigenvalue weighted by atomic mass is 16.6. The van der Waals surface area contributed by atoms with Crippen molar-refractivity contribution in [3.8, 4) is 22.8 Å². The molecule has 0 saturated carbocycles. The van der Waals surface area contributed by atoms with E-state index in [1.807, 2.05) is 31.2 Å². The third kappa shape index (κ3) is 3.28. The maximum atomic E-state index is 5.63. The molecular weight excluding hydrogens is 280 g/mol. The highest BCUT2D eigenvalue weighted by Gasteiger charge is 2.13. The molecule has 1 aromatic carbocycles. The van der Waals surface area contributed by atoms with Crippen molar-refractivity contribution in [3.05, 3.63) is 30.0 Å². The van der Waals surface area contributed by atoms with Crippen LogP contribution in [0.3, 0.4) is 0 Å². The summed E-state index contributed by atoms with van der Waals surface area (Å²) in [5.74, 6) is 2.16. The normalized spacial score (nSPS) is 13.0. The van der Waals surface area contributed by atoms with Crippen molar-refractivity contribution in [2.24, 2.45) is 5.73 Å². The number of hydrogen-bond donors (Lipinski definition) is 2. The Morgan fingerprint density at radius 2 is 1.95 bits per heavy atom. The van der Waals surface area contributed by atoms with Crippen molar-refractivity contribution in [1.29, 1.82) is 0 Å². The molecule has 2 aromatic rings. The summed E-state index contributed by atoms with van der Waals surface area (Å²) in [5, 5.41) is 3.20. The Hall–Kier alpha value is -2.34. The Bertz CT molecular complexity index is 661. The number of aryl methyl sites for hydroxylation is 1. The summed E-state index contributed by atoms with van der Waals surface area (Å²) >= 11 is 0. The minimum absolute atomic E-state index is 0.575. The zero-order chi connectivity index (χ0) is 15.4. The van der Waals surface area contributed by atoms with Crippen LogP contribution in [-0.4, -0.2) is 36.3 Å². The maximum absolute atomic E-state index is 5.63. The first-order chi connectivity index (χ1) is 10.8. The number of nitrogens with zero attached hydrogens (tertiary/aromatic N) is 2. The van der Waals surface area contributed by atoms with Crippen LogP contribution in [0, 0.1) is 6.92 Å². The standard InChI is InChI=1S/C16H20N4O2/c1-11-9-13(20-16(19-11)18-6-2-5-17)12-3-4-14-15(10-12)22-8-7-21-14/h3-4,9-10H,2,5-8,17H2,1H3,(H,18,19,20). The molecule has 1 aliphatic rings. The minimum Gasteiger partial charge on any atom is -0.486 e. The zero-order valence-electron chi connectivity index (χ0n) is 12.6. The summed E-state index contributed by atoms with van der Waals surface area (Å²) in [6, 6.07) is 7.82. The fourth-order valence-corrected chi connectivity index (χ4v) is 2.30. The van der Waals surface area contributed by atoms with Gasteiger partial charge in [-0.1, -0.05) is 0 Å². The number of aromatic nitrogens is 2. The fraction of sp³-hybridized carbons (Fsp3) is 0.375. The molecule has 116 valence electrons. The first-order valence-electron chi connectivity index (χ1n) is 7.46. The molecule has 0 bridgehead atoms. The van der Waals surface area contributed by atoms with Crippen molar-refractivity contribution in [2.45, 2.75) is 13.3 Å². The second-order valence-corrected chi connectivity index (χ2v) is 5.15. The van der Waals surface area contributed by atoms with Crippen LogP contribution >= 0.6 is 0 Å². The molecule has 0 spiro atoms. The monoisotopic (exact) mass is 300 g/mol. The lowest BCUT2D eigenvalue weighted by Crippen LogP contribution is -2.15. The fourth-order valence-electron chi connectivity index (χ4n) is 2.30. The van der Waals surface area contributed by atoms with Crippen LogP contribution in [0.5, 0.6) is 11.5 Å². The van der Waals surface area contributed by atoms with E-state index in [2.05, 4.69) is 15.3 Å². The Kier molecular flexibility index (Phi) is 4.39. The van der Waals surface area contributed by atoms with Gasteiger partial charge in [0.05, 0.1) is 5.69 Å². The summed E-state index contributed by atoms with van der Waals surface area (Å²) in [6.45, 7) is 4.53. The lowest BCUT2D eigenvalue weighted by Gasteiger charge is -2.19. The van der Waals surface area contributed by atoms with Gasteiger partial charge in [-0.15, -0.1) is 0 Å². The molecule has 0 atom stereocenters. The predicted octanol–water partition coefficient (Wildman–Crippen LogP) is 1.98. The summed E-state index contributed by atoms with van der Waals surface area (Å²) < 4.78 is 11.2. The van der Waals surface area contributed by atoms with Crippen molar-refractivity contribution in [3.63, 3.8) is 0 Å². The van der Waals surface area contributed by atoms with Gasteiger partial charge in [-0.05, 0) is 44.2 Å². The van der Waals surface area contributed by atoms with Crippen LogP contribution in [0.15, 0.2) is 24.3 Å². The minimum atomic E-state index is 0.575. The molecule has 0 unspecified atom stereocenters. The van der Waals surface area contributed by atoms with E-state index in [9.17, 15) is 0 Å². The number of benzene rings is 1. The number of ether oxygens (including phenoxy) is 2. The Balaban J connectivity index is 1.87. The topological polar surface area (TPSA) is 82.3 Å². The van der Waals surface area contributed by atoms with Crippen molar-refractivity contribution < 1.29 is 9.47 Å². The van der Waals surface area contributed by atoms with E-state index in [0.29, 0.717) is 25.7 Å². The molecule has 1 aliphatic heterocycles. The first kappa shape index (κ1) is 14.6. The molecule has 2 heterocycles. The van der Waals surface area contributed by atoms with Crippen molar-refractivity contribution >= 4 is 5.95 Å². The third-order valence-corrected chi connectivity index (χ3v) is 3.36. The smallest absolute Gasteiger partial charge is 0.223 e. The number of hydrogen-bond acceptors (Lipinski definition) is 6. The molecule has 3 rings (SSSR count). The molecule has 0 radical (unpaired) electrons. The van der Waals surface area contributed by atoms with E-state index in [-0.39, 0.29) is 0 Å². The van der Waals surface area contributed by atoms with Crippen LogP contribution in [0.1, 0.15) is 12.1 Å². The van der Waals surface area contributed by atoms with Gasteiger partial charge in [0, 0.05) is 17.8 Å². The zero-order valence-corrected chi connectivity index (χ0v) is 12.6. The van der Waals surface area contributed by atoms with Crippen molar-refractivity contribution in [1.82, 2.24) is 9.97 Å². The van der Waals surface area contributed by atoms with Crippen LogP contribution in [-0.2, 0) is 0 Å². The van der Waals surface area contributed by atoms with E-state index in [1.165, 1.54) is 0 Å². The van der Waals surface area contributed by atoms with Gasteiger partial charge in [0.15, 0.2) is 11.5 Å². The van der Waals surface area contributed by atoms with Crippen LogP contribution in [0.4, 0.5) is 5.95 Å². The first-order valence-corrected chi connectivity index (χ1v) is 7.46. The summed E-state index contributed by atoms with van der Waals surface area (Å²) in [4.78, 5) is 8.96. The largest absolute Gasteiger partial charge is 0.486 e. The Morgan fingerprint density at radius 1 is 1.14 bits per heavy atom. The highest BCUT2D eigenvalue weighted by molar-refractivity contribution is 5.65. The van der Waals surface area contributed by atoms with Gasteiger partial charge in [-0.2, -0.15) is 0 Å². The number of rotatable bonds is 5. The maximum Gasteiger partial charge on any atom is 0.223 e. The van der Waals surface area contributed by atoms with Gasteiger partial charge in [0.2, 0.25) is 5.95 Å². The quantitative estimate of drug-likeness (QED) is 0.822. The van der Waals surface area contributed by atoms with Gasteiger partial charge in [0.1, 0.15) is 13.2 Å². The van der Waals surface area contributed by atoms with Gasteiger partial charge in [-0.25, -0.2) is 9.97 Å². The SMILES string of the molecule is Cc1cc(-c2ccc3c(c2)OCCO3)nc(NCCCN)n1. The Morgan fingerprint density at radius 3 is 2.77 bits per heavy atom. The number of nitrogens with one attached hydrogen (secondary N) is 1. The average molecular weight is 300 g/mol. The predicted molar refractivity (Wildman–Crippen MR) is 85.4 cm³/mol. The molecule has 0 amide bonds. The lowest BCUT2D eigenvalue weighted by atomic mass is 10.1. The summed E-state index contributed by atoms with van der Waals surface area (Å²) in [5.41, 5.74) is 8.26. The van der Waals surface area contributed by atoms with Crippen molar-refractivity contribution in [2.75, 3.05) is 31.6 Å². The molecule has 3 N–H and O–H groups in total. The second-order valence-electron chi connectivity index (χ2n) is 5.15. The number of nitrogens with two attached hydrogens (primary N) is 1. The number of fused-ring (bicyclic) bond motifs is 1. The Labute approximate surface area is 129 Å². The molecule has 1 aromatic heterocycles. The molecule has 6 nitrogen and oxygen atoms in total. The molecule has 6 heteroatoms. The van der Waals surface area contributed by atoms with Crippen LogP contribution in [0.2, 0.25) is 0 Å². The van der Waals surface area contributed by atoms with Gasteiger partial charge in [0.25, 0.3) is 0 Å². The molecule has 0 saturated heterocycles. The number of anilines is 1. The molecule has 0 fully saturated rings. The average Bonchev–Trinajstić information content (AvgIpc) is 2.54. The van der Waals surface area contributed by atoms with Crippen LogP contribution < -0.4 is 20.5 Å². The summed E-state index contributed by atoms with van der Waals surface area (Å²) in [6.07, 6.45) is 0.886. The molecular formula is C16H20N4O2.